The van der Waals surface area contributed by atoms with E-state index in [9.17, 15) is 13.2 Å². The Balaban J connectivity index is 1.35. The van der Waals surface area contributed by atoms with Gasteiger partial charge in [-0.05, 0) is 86.8 Å². The van der Waals surface area contributed by atoms with Gasteiger partial charge in [-0.25, -0.2) is 0 Å². The average Bonchev–Trinajstić information content (AvgIpc) is 2.76. The van der Waals surface area contributed by atoms with Gasteiger partial charge in [0, 0.05) is 12.7 Å². The van der Waals surface area contributed by atoms with Crippen molar-refractivity contribution in [1.29, 1.82) is 5.26 Å². The summed E-state index contributed by atoms with van der Waals surface area (Å²) in [5.74, 6) is 1.50. The van der Waals surface area contributed by atoms with E-state index in [4.69, 9.17) is 10.00 Å². The highest BCUT2D eigenvalue weighted by Crippen LogP contribution is 2.38. The molecule has 1 aromatic carbocycles. The number of hydrogen-bond acceptors (Lipinski definition) is 2. The number of nitriles is 1. The fraction of sp³-hybridized carbons (Fsp3) is 0.560. The van der Waals surface area contributed by atoms with Crippen LogP contribution in [0.1, 0.15) is 68.4 Å². The summed E-state index contributed by atoms with van der Waals surface area (Å²) in [6.07, 6.45) is 12.1. The molecule has 0 amide bonds. The second-order valence-electron chi connectivity index (χ2n) is 8.58. The molecule has 0 spiro atoms. The van der Waals surface area contributed by atoms with Crippen molar-refractivity contribution in [2.75, 3.05) is 6.61 Å². The fourth-order valence-electron chi connectivity index (χ4n) is 4.65. The molecule has 2 fully saturated rings. The summed E-state index contributed by atoms with van der Waals surface area (Å²) in [5, 5.41) is 8.49. The highest BCUT2D eigenvalue weighted by molar-refractivity contribution is 5.27. The molecule has 162 valence electrons. The zero-order valence-corrected chi connectivity index (χ0v) is 17.3. The van der Waals surface area contributed by atoms with Crippen molar-refractivity contribution in [3.63, 3.8) is 0 Å². The van der Waals surface area contributed by atoms with E-state index in [0.717, 1.165) is 63.5 Å². The van der Waals surface area contributed by atoms with Crippen molar-refractivity contribution in [2.45, 2.75) is 69.6 Å². The fourth-order valence-corrected chi connectivity index (χ4v) is 4.65. The Morgan fingerprint density at radius 3 is 2.20 bits per heavy atom. The van der Waals surface area contributed by atoms with Crippen molar-refractivity contribution in [1.82, 2.24) is 0 Å². The second kappa shape index (κ2) is 10.8. The topological polar surface area (TPSA) is 33.0 Å². The van der Waals surface area contributed by atoms with E-state index in [0.29, 0.717) is 23.9 Å². The van der Waals surface area contributed by atoms with E-state index < -0.39 is 11.7 Å². The molecule has 2 aliphatic carbocycles. The lowest BCUT2D eigenvalue weighted by Gasteiger charge is -2.32. The molecule has 1 aromatic rings. The number of alkyl halides is 3. The van der Waals surface area contributed by atoms with Crippen LogP contribution in [0.15, 0.2) is 48.6 Å². The van der Waals surface area contributed by atoms with Crippen molar-refractivity contribution in [3.8, 4) is 6.07 Å². The molecule has 0 heterocycles. The third-order valence-electron chi connectivity index (χ3n) is 6.51. The Bertz CT molecular complexity index is 744. The summed E-state index contributed by atoms with van der Waals surface area (Å²) in [7, 11) is 0. The number of benzene rings is 1. The monoisotopic (exact) mass is 417 g/mol. The number of rotatable bonds is 6. The summed E-state index contributed by atoms with van der Waals surface area (Å²) < 4.78 is 44.4. The van der Waals surface area contributed by atoms with Gasteiger partial charge in [-0.15, -0.1) is 0 Å². The van der Waals surface area contributed by atoms with Gasteiger partial charge in [-0.1, -0.05) is 30.4 Å². The molecule has 0 aromatic heterocycles. The molecular formula is C25H30F3NO. The third-order valence-corrected chi connectivity index (χ3v) is 6.51. The van der Waals surface area contributed by atoms with Crippen LogP contribution in [0.25, 0.3) is 0 Å². The normalized spacial score (nSPS) is 28.1. The summed E-state index contributed by atoms with van der Waals surface area (Å²) in [5.41, 5.74) is 0.454. The first-order chi connectivity index (χ1) is 14.5. The minimum absolute atomic E-state index is 0.344. The second-order valence-corrected chi connectivity index (χ2v) is 8.58. The van der Waals surface area contributed by atoms with Crippen LogP contribution < -0.4 is 0 Å². The van der Waals surface area contributed by atoms with Crippen LogP contribution in [-0.2, 0) is 10.9 Å². The van der Waals surface area contributed by atoms with Gasteiger partial charge in [-0.2, -0.15) is 18.4 Å². The van der Waals surface area contributed by atoms with Gasteiger partial charge in [0.1, 0.15) is 0 Å². The maximum absolute atomic E-state index is 12.7. The molecule has 2 saturated carbocycles. The standard InChI is InChI=1S/C25H30F3NO/c26-25(27,28)23-13-11-22(12-14-23)21-9-5-20(6-10-21)18-30-24-15-7-19(8-16-24)4-2-1-3-17-29/h1-4,11-14,19-21,24H,5-10,15-16,18H2/t19-,20-,21-,24-. The first-order valence-electron chi connectivity index (χ1n) is 11.0. The molecule has 30 heavy (non-hydrogen) atoms. The summed E-state index contributed by atoms with van der Waals surface area (Å²) >= 11 is 0. The van der Waals surface area contributed by atoms with E-state index in [1.54, 1.807) is 18.2 Å². The molecule has 2 aliphatic rings. The maximum Gasteiger partial charge on any atom is 0.416 e. The zero-order valence-electron chi connectivity index (χ0n) is 17.3. The largest absolute Gasteiger partial charge is 0.416 e. The molecule has 0 atom stereocenters. The lowest BCUT2D eigenvalue weighted by atomic mass is 9.79. The average molecular weight is 418 g/mol. The first kappa shape index (κ1) is 22.6. The molecule has 0 radical (unpaired) electrons. The quantitative estimate of drug-likeness (QED) is 0.362. The van der Waals surface area contributed by atoms with Gasteiger partial charge in [0.15, 0.2) is 0 Å². The van der Waals surface area contributed by atoms with Crippen molar-refractivity contribution < 1.29 is 17.9 Å². The zero-order chi connectivity index (χ0) is 21.4. The smallest absolute Gasteiger partial charge is 0.378 e. The molecule has 0 saturated heterocycles. The summed E-state index contributed by atoms with van der Waals surface area (Å²) in [6.45, 7) is 0.801. The van der Waals surface area contributed by atoms with E-state index in [1.165, 1.54) is 18.2 Å². The van der Waals surface area contributed by atoms with Crippen LogP contribution in [0.2, 0.25) is 0 Å². The van der Waals surface area contributed by atoms with Crippen molar-refractivity contribution in [2.24, 2.45) is 11.8 Å². The molecule has 0 aliphatic heterocycles. The van der Waals surface area contributed by atoms with E-state index in [1.807, 2.05) is 12.1 Å². The van der Waals surface area contributed by atoms with Crippen LogP contribution in [0.3, 0.4) is 0 Å². The lowest BCUT2D eigenvalue weighted by molar-refractivity contribution is -0.137. The van der Waals surface area contributed by atoms with Crippen molar-refractivity contribution >= 4 is 0 Å². The molecule has 0 N–H and O–H groups in total. The Morgan fingerprint density at radius 1 is 0.933 bits per heavy atom. The summed E-state index contributed by atoms with van der Waals surface area (Å²) in [4.78, 5) is 0. The third kappa shape index (κ3) is 6.74. The Labute approximate surface area is 177 Å². The van der Waals surface area contributed by atoms with E-state index in [-0.39, 0.29) is 0 Å². The van der Waals surface area contributed by atoms with Crippen LogP contribution >= 0.6 is 0 Å². The van der Waals surface area contributed by atoms with Gasteiger partial charge in [-0.3, -0.25) is 0 Å². The van der Waals surface area contributed by atoms with Crippen LogP contribution in [0.5, 0.6) is 0 Å². The predicted molar refractivity (Wildman–Crippen MR) is 112 cm³/mol. The highest BCUT2D eigenvalue weighted by atomic mass is 19.4. The Morgan fingerprint density at radius 2 is 1.60 bits per heavy atom. The molecule has 3 rings (SSSR count). The SMILES string of the molecule is N#CC=CC=C[C@H]1CC[C@H](OC[C@H]2CC[C@H](c3ccc(C(F)(F)F)cc3)CC2)CC1. The van der Waals surface area contributed by atoms with Crippen LogP contribution in [0.4, 0.5) is 13.2 Å². The predicted octanol–water partition coefficient (Wildman–Crippen LogP) is 7.19. The number of halogens is 3. The van der Waals surface area contributed by atoms with Crippen LogP contribution in [-0.4, -0.2) is 12.7 Å². The molecular weight excluding hydrogens is 387 g/mol. The molecule has 2 nitrogen and oxygen atoms in total. The van der Waals surface area contributed by atoms with Gasteiger partial charge in [0.2, 0.25) is 0 Å². The van der Waals surface area contributed by atoms with Gasteiger partial charge < -0.3 is 4.74 Å². The minimum atomic E-state index is -4.27. The molecule has 5 heteroatoms. The first-order valence-corrected chi connectivity index (χ1v) is 11.0. The number of nitrogens with zero attached hydrogens (tertiary/aromatic N) is 1. The van der Waals surface area contributed by atoms with Gasteiger partial charge in [0.05, 0.1) is 17.7 Å². The maximum atomic E-state index is 12.7. The Hall–Kier alpha value is -2.06. The van der Waals surface area contributed by atoms with E-state index in [2.05, 4.69) is 6.08 Å². The van der Waals surface area contributed by atoms with E-state index >= 15 is 0 Å². The van der Waals surface area contributed by atoms with Crippen LogP contribution in [0, 0.1) is 23.2 Å². The summed E-state index contributed by atoms with van der Waals surface area (Å²) in [6, 6.07) is 7.69. The Kier molecular flexibility index (Phi) is 8.16. The van der Waals surface area contributed by atoms with Gasteiger partial charge in [0.25, 0.3) is 0 Å². The lowest BCUT2D eigenvalue weighted by Crippen LogP contribution is -2.25. The molecule has 0 bridgehead atoms. The highest BCUT2D eigenvalue weighted by Gasteiger charge is 2.31. The number of allylic oxidation sites excluding steroid dienone is 4. The number of hydrogen-bond donors (Lipinski definition) is 0. The minimum Gasteiger partial charge on any atom is -0.378 e. The number of ether oxygens (including phenoxy) is 1. The van der Waals surface area contributed by atoms with Gasteiger partial charge >= 0.3 is 6.18 Å². The van der Waals surface area contributed by atoms with Crippen molar-refractivity contribution in [3.05, 3.63) is 59.7 Å². The molecule has 0 unspecified atom stereocenters.